The molecule has 0 aliphatic carbocycles. The Morgan fingerprint density at radius 3 is 2.67 bits per heavy atom. The summed E-state index contributed by atoms with van der Waals surface area (Å²) in [5, 5.41) is 8.60. The fourth-order valence-electron chi connectivity index (χ4n) is 2.94. The second-order valence-electron chi connectivity index (χ2n) is 6.83. The van der Waals surface area contributed by atoms with Crippen molar-refractivity contribution in [3.8, 4) is 5.69 Å². The average molecular weight is 430 g/mol. The van der Waals surface area contributed by atoms with Gasteiger partial charge in [0.05, 0.1) is 12.3 Å². The van der Waals surface area contributed by atoms with Crippen molar-refractivity contribution in [2.24, 2.45) is 0 Å². The van der Waals surface area contributed by atoms with Crippen LogP contribution >= 0.6 is 11.8 Å². The third-order valence-electron chi connectivity index (χ3n) is 4.37. The molecule has 1 aromatic carbocycles. The zero-order valence-electron chi connectivity index (χ0n) is 17.2. The number of rotatable bonds is 7. The molecule has 0 saturated carbocycles. The molecule has 10 heteroatoms. The van der Waals surface area contributed by atoms with Crippen molar-refractivity contribution in [2.75, 3.05) is 6.61 Å². The number of ether oxygens (including phenoxy) is 1. The van der Waals surface area contributed by atoms with Gasteiger partial charge in [-0.3, -0.25) is 19.1 Å². The van der Waals surface area contributed by atoms with Crippen LogP contribution in [0, 0.1) is 13.8 Å². The van der Waals surface area contributed by atoms with Crippen LogP contribution in [0.15, 0.2) is 39.0 Å². The van der Waals surface area contributed by atoms with E-state index in [2.05, 4.69) is 20.2 Å². The summed E-state index contributed by atoms with van der Waals surface area (Å²) in [5.74, 6) is 0.196. The van der Waals surface area contributed by atoms with Gasteiger partial charge in [-0.1, -0.05) is 23.9 Å². The van der Waals surface area contributed by atoms with Gasteiger partial charge in [0.2, 0.25) is 0 Å². The summed E-state index contributed by atoms with van der Waals surface area (Å²) in [6.45, 7) is 7.76. The van der Waals surface area contributed by atoms with Crippen LogP contribution in [0.2, 0.25) is 0 Å². The standard InChI is InChI=1S/C20H23N5O4S/c1-5-29-18(27)13(4)30-20-24-23-16(9-14-10-17(26)22-19(28)21-14)25(20)15-8-11(2)6-7-12(15)3/h6-8,10,13H,5,9H2,1-4H3,(H2,21,22,26,28). The molecule has 0 saturated heterocycles. The first-order valence-electron chi connectivity index (χ1n) is 9.46. The number of esters is 1. The summed E-state index contributed by atoms with van der Waals surface area (Å²) in [6.07, 6.45) is 0.188. The Labute approximate surface area is 176 Å². The van der Waals surface area contributed by atoms with Crippen LogP contribution in [-0.4, -0.2) is 42.6 Å². The normalized spacial score (nSPS) is 12.0. The van der Waals surface area contributed by atoms with Crippen LogP contribution in [0.1, 0.15) is 36.5 Å². The van der Waals surface area contributed by atoms with Crippen molar-refractivity contribution in [2.45, 2.75) is 44.5 Å². The fraction of sp³-hybridized carbons (Fsp3) is 0.350. The van der Waals surface area contributed by atoms with E-state index < -0.39 is 16.5 Å². The SMILES string of the molecule is CCOC(=O)C(C)Sc1nnc(Cc2cc(=O)[nH]c(=O)[nH]2)n1-c1cc(C)ccc1C. The van der Waals surface area contributed by atoms with E-state index in [0.717, 1.165) is 16.8 Å². The monoisotopic (exact) mass is 429 g/mol. The van der Waals surface area contributed by atoms with Crippen molar-refractivity contribution >= 4 is 17.7 Å². The second-order valence-corrected chi connectivity index (χ2v) is 8.13. The molecule has 1 atom stereocenters. The maximum Gasteiger partial charge on any atom is 0.325 e. The highest BCUT2D eigenvalue weighted by molar-refractivity contribution is 8.00. The van der Waals surface area contributed by atoms with Gasteiger partial charge >= 0.3 is 11.7 Å². The fourth-order valence-corrected chi connectivity index (χ4v) is 3.82. The zero-order valence-corrected chi connectivity index (χ0v) is 18.0. The third-order valence-corrected chi connectivity index (χ3v) is 5.39. The molecule has 0 amide bonds. The van der Waals surface area contributed by atoms with Gasteiger partial charge in [-0.2, -0.15) is 0 Å². The van der Waals surface area contributed by atoms with Crippen molar-refractivity contribution in [1.29, 1.82) is 0 Å². The van der Waals surface area contributed by atoms with E-state index in [1.165, 1.54) is 17.8 Å². The van der Waals surface area contributed by atoms with Crippen LogP contribution in [0.3, 0.4) is 0 Å². The third kappa shape index (κ3) is 4.88. The van der Waals surface area contributed by atoms with E-state index in [-0.39, 0.29) is 12.4 Å². The highest BCUT2D eigenvalue weighted by Crippen LogP contribution is 2.29. The number of hydrogen-bond donors (Lipinski definition) is 2. The van der Waals surface area contributed by atoms with E-state index in [9.17, 15) is 14.4 Å². The van der Waals surface area contributed by atoms with Crippen LogP contribution in [0.4, 0.5) is 0 Å². The Morgan fingerprint density at radius 2 is 1.97 bits per heavy atom. The molecule has 3 aromatic rings. The van der Waals surface area contributed by atoms with Gasteiger partial charge in [0, 0.05) is 18.2 Å². The molecule has 3 rings (SSSR count). The van der Waals surface area contributed by atoms with Gasteiger partial charge in [0.25, 0.3) is 5.56 Å². The first-order valence-corrected chi connectivity index (χ1v) is 10.3. The molecule has 158 valence electrons. The Kier molecular flexibility index (Phi) is 6.56. The topological polar surface area (TPSA) is 123 Å². The summed E-state index contributed by atoms with van der Waals surface area (Å²) in [5.41, 5.74) is 2.25. The zero-order chi connectivity index (χ0) is 21.8. The molecule has 9 nitrogen and oxygen atoms in total. The number of H-pyrrole nitrogens is 2. The molecule has 0 bridgehead atoms. The number of aryl methyl sites for hydroxylation is 2. The highest BCUT2D eigenvalue weighted by atomic mass is 32.2. The molecule has 2 aromatic heterocycles. The smallest absolute Gasteiger partial charge is 0.325 e. The number of aromatic amines is 2. The number of benzene rings is 1. The van der Waals surface area contributed by atoms with Gasteiger partial charge in [-0.25, -0.2) is 4.79 Å². The molecule has 2 heterocycles. The number of nitrogens with zero attached hydrogens (tertiary/aromatic N) is 3. The molecule has 0 aliphatic rings. The summed E-state index contributed by atoms with van der Waals surface area (Å²) in [7, 11) is 0. The predicted molar refractivity (Wildman–Crippen MR) is 113 cm³/mol. The number of nitrogens with one attached hydrogen (secondary N) is 2. The van der Waals surface area contributed by atoms with Gasteiger partial charge in [0.1, 0.15) is 11.1 Å². The summed E-state index contributed by atoms with van der Waals surface area (Å²) >= 11 is 1.24. The predicted octanol–water partition coefficient (Wildman–Crippen LogP) is 1.90. The first-order chi connectivity index (χ1) is 14.3. The number of carbonyl (C=O) groups is 1. The maximum absolute atomic E-state index is 12.1. The largest absolute Gasteiger partial charge is 0.465 e. The Hall–Kier alpha value is -3.14. The second kappa shape index (κ2) is 9.12. The quantitative estimate of drug-likeness (QED) is 0.434. The molecule has 0 fully saturated rings. The minimum Gasteiger partial charge on any atom is -0.465 e. The number of hydrogen-bond acceptors (Lipinski definition) is 7. The number of aromatic nitrogens is 5. The van der Waals surface area contributed by atoms with Crippen LogP contribution in [-0.2, 0) is 16.0 Å². The summed E-state index contributed by atoms with van der Waals surface area (Å²) < 4.78 is 6.95. The van der Waals surface area contributed by atoms with Crippen molar-refractivity contribution in [3.05, 3.63) is 67.7 Å². The van der Waals surface area contributed by atoms with Gasteiger partial charge in [-0.05, 0) is 44.9 Å². The van der Waals surface area contributed by atoms with Crippen molar-refractivity contribution in [1.82, 2.24) is 24.7 Å². The Balaban J connectivity index is 2.07. The molecule has 1 unspecified atom stereocenters. The average Bonchev–Trinajstić information content (AvgIpc) is 3.05. The van der Waals surface area contributed by atoms with E-state index in [1.807, 2.05) is 36.6 Å². The molecule has 0 aliphatic heterocycles. The minimum atomic E-state index is -0.583. The lowest BCUT2D eigenvalue weighted by molar-refractivity contribution is -0.142. The van der Waals surface area contributed by atoms with Crippen molar-refractivity contribution < 1.29 is 9.53 Å². The Morgan fingerprint density at radius 1 is 1.20 bits per heavy atom. The van der Waals surface area contributed by atoms with Crippen molar-refractivity contribution in [3.63, 3.8) is 0 Å². The lowest BCUT2D eigenvalue weighted by Crippen LogP contribution is -2.23. The lowest BCUT2D eigenvalue weighted by atomic mass is 10.1. The molecule has 0 spiro atoms. The molecule has 30 heavy (non-hydrogen) atoms. The van der Waals surface area contributed by atoms with Gasteiger partial charge < -0.3 is 9.72 Å². The van der Waals surface area contributed by atoms with Crippen LogP contribution < -0.4 is 11.2 Å². The van der Waals surface area contributed by atoms with E-state index >= 15 is 0 Å². The van der Waals surface area contributed by atoms with Crippen LogP contribution in [0.5, 0.6) is 0 Å². The van der Waals surface area contributed by atoms with E-state index in [0.29, 0.717) is 23.3 Å². The Bertz CT molecular complexity index is 1150. The lowest BCUT2D eigenvalue weighted by Gasteiger charge is -2.15. The molecular formula is C20H23N5O4S. The first kappa shape index (κ1) is 21.6. The maximum atomic E-state index is 12.1. The van der Waals surface area contributed by atoms with Crippen LogP contribution in [0.25, 0.3) is 5.69 Å². The summed E-state index contributed by atoms with van der Waals surface area (Å²) in [4.78, 5) is 40.2. The minimum absolute atomic E-state index is 0.188. The number of thioether (sulfide) groups is 1. The summed E-state index contributed by atoms with van der Waals surface area (Å²) in [6, 6.07) is 7.32. The van der Waals surface area contributed by atoms with Gasteiger partial charge in [-0.15, -0.1) is 10.2 Å². The number of carbonyl (C=O) groups excluding carboxylic acids is 1. The molecular weight excluding hydrogens is 406 g/mol. The molecule has 0 radical (unpaired) electrons. The van der Waals surface area contributed by atoms with E-state index in [1.54, 1.807) is 13.8 Å². The van der Waals surface area contributed by atoms with Gasteiger partial charge in [0.15, 0.2) is 5.16 Å². The van der Waals surface area contributed by atoms with E-state index in [4.69, 9.17) is 4.74 Å². The highest BCUT2D eigenvalue weighted by Gasteiger charge is 2.23. The molecule has 2 N–H and O–H groups in total.